The number of fused-ring (bicyclic) bond motifs is 1. The van der Waals surface area contributed by atoms with Crippen LogP contribution in [-0.4, -0.2) is 35.7 Å². The molecule has 130 valence electrons. The Morgan fingerprint density at radius 1 is 1.20 bits per heavy atom. The second-order valence-corrected chi connectivity index (χ2v) is 9.37. The first-order chi connectivity index (χ1) is 11.8. The van der Waals surface area contributed by atoms with E-state index in [9.17, 15) is 13.2 Å². The molecule has 9 heteroatoms. The van der Waals surface area contributed by atoms with Gasteiger partial charge < -0.3 is 0 Å². The summed E-state index contributed by atoms with van der Waals surface area (Å²) in [6.45, 7) is 1.83. The summed E-state index contributed by atoms with van der Waals surface area (Å²) in [7, 11) is -3.33. The van der Waals surface area contributed by atoms with Gasteiger partial charge in [-0.2, -0.15) is 0 Å². The monoisotopic (exact) mass is 393 g/mol. The molecule has 1 N–H and O–H groups in total. The fourth-order valence-electron chi connectivity index (χ4n) is 2.23. The summed E-state index contributed by atoms with van der Waals surface area (Å²) in [5.74, 6) is -0.0436. The van der Waals surface area contributed by atoms with Gasteiger partial charge in [0.1, 0.15) is 16.2 Å². The molecule has 2 heterocycles. The maximum absolute atomic E-state index is 12.6. The summed E-state index contributed by atoms with van der Waals surface area (Å²) in [4.78, 5) is 22.0. The number of thioether (sulfide) groups is 1. The first-order valence-corrected chi connectivity index (χ1v) is 11.0. The number of benzene rings is 1. The second kappa shape index (κ2) is 7.11. The van der Waals surface area contributed by atoms with Gasteiger partial charge in [0.25, 0.3) is 0 Å². The highest BCUT2D eigenvalue weighted by Gasteiger charge is 2.19. The number of anilines is 1. The van der Waals surface area contributed by atoms with E-state index in [1.54, 1.807) is 24.3 Å². The van der Waals surface area contributed by atoms with Crippen LogP contribution in [0, 0.1) is 0 Å². The largest absolute Gasteiger partial charge is 0.293 e. The first-order valence-electron chi connectivity index (χ1n) is 7.30. The Morgan fingerprint density at radius 3 is 2.60 bits per heavy atom. The SMILES string of the molecule is C[C@H](Sc1ncnc2sccc12)C(=O)c1ccc(NS(C)(=O)=O)cc1. The molecule has 0 aliphatic heterocycles. The molecule has 0 unspecified atom stereocenters. The van der Waals surface area contributed by atoms with Crippen molar-refractivity contribution in [2.24, 2.45) is 0 Å². The maximum Gasteiger partial charge on any atom is 0.229 e. The molecular weight excluding hydrogens is 378 g/mol. The summed E-state index contributed by atoms with van der Waals surface area (Å²) < 4.78 is 24.8. The van der Waals surface area contributed by atoms with E-state index in [4.69, 9.17) is 0 Å². The zero-order chi connectivity index (χ0) is 18.0. The lowest BCUT2D eigenvalue weighted by Crippen LogP contribution is -2.14. The van der Waals surface area contributed by atoms with E-state index in [0.29, 0.717) is 11.3 Å². The Morgan fingerprint density at radius 2 is 1.92 bits per heavy atom. The zero-order valence-electron chi connectivity index (χ0n) is 13.5. The van der Waals surface area contributed by atoms with Gasteiger partial charge in [-0.15, -0.1) is 11.3 Å². The van der Waals surface area contributed by atoms with Crippen molar-refractivity contribution in [2.45, 2.75) is 17.2 Å². The topological polar surface area (TPSA) is 89.0 Å². The van der Waals surface area contributed by atoms with Crippen molar-refractivity contribution in [2.75, 3.05) is 11.0 Å². The quantitative estimate of drug-likeness (QED) is 0.392. The predicted octanol–water partition coefficient (Wildman–Crippen LogP) is 3.43. The third-order valence-corrected chi connectivity index (χ3v) is 5.90. The number of thiophene rings is 1. The molecule has 2 aromatic heterocycles. The summed E-state index contributed by atoms with van der Waals surface area (Å²) in [6, 6.07) is 8.34. The van der Waals surface area contributed by atoms with Gasteiger partial charge in [0, 0.05) is 16.6 Å². The molecule has 25 heavy (non-hydrogen) atoms. The molecule has 6 nitrogen and oxygen atoms in total. The molecule has 1 atom stereocenters. The van der Waals surface area contributed by atoms with Crippen LogP contribution in [0.1, 0.15) is 17.3 Å². The Kier molecular flexibility index (Phi) is 5.07. The standard InChI is InChI=1S/C16H15N3O3S3/c1-10(24-16-13-7-8-23-15(13)17-9-18-16)14(20)11-3-5-12(6-4-11)19-25(2,21)22/h3-10,19H,1-2H3/t10-/m0/s1. The highest BCUT2D eigenvalue weighted by Crippen LogP contribution is 2.31. The van der Waals surface area contributed by atoms with Gasteiger partial charge >= 0.3 is 0 Å². The molecule has 0 bridgehead atoms. The average Bonchev–Trinajstić information content (AvgIpc) is 3.03. The molecule has 0 saturated heterocycles. The minimum atomic E-state index is -3.33. The summed E-state index contributed by atoms with van der Waals surface area (Å²) in [5, 5.41) is 3.35. The van der Waals surface area contributed by atoms with Gasteiger partial charge in [-0.25, -0.2) is 18.4 Å². The predicted molar refractivity (Wildman–Crippen MR) is 102 cm³/mol. The molecule has 3 rings (SSSR count). The number of hydrogen-bond acceptors (Lipinski definition) is 7. The van der Waals surface area contributed by atoms with Crippen LogP contribution in [-0.2, 0) is 10.0 Å². The van der Waals surface area contributed by atoms with Crippen LogP contribution in [0.3, 0.4) is 0 Å². The second-order valence-electron chi connectivity index (χ2n) is 5.39. The van der Waals surface area contributed by atoms with E-state index >= 15 is 0 Å². The van der Waals surface area contributed by atoms with Crippen molar-refractivity contribution in [3.05, 3.63) is 47.6 Å². The molecule has 0 aliphatic carbocycles. The van der Waals surface area contributed by atoms with Crippen molar-refractivity contribution in [1.82, 2.24) is 9.97 Å². The third-order valence-electron chi connectivity index (χ3n) is 3.36. The number of nitrogens with zero attached hydrogens (tertiary/aromatic N) is 2. The lowest BCUT2D eigenvalue weighted by Gasteiger charge is -2.11. The number of aromatic nitrogens is 2. The minimum absolute atomic E-state index is 0.0436. The molecule has 0 amide bonds. The smallest absolute Gasteiger partial charge is 0.229 e. The third kappa shape index (κ3) is 4.36. The van der Waals surface area contributed by atoms with Crippen molar-refractivity contribution in [3.63, 3.8) is 0 Å². The number of nitrogens with one attached hydrogen (secondary N) is 1. The van der Waals surface area contributed by atoms with E-state index in [1.165, 1.54) is 29.4 Å². The average molecular weight is 394 g/mol. The molecule has 0 radical (unpaired) electrons. The van der Waals surface area contributed by atoms with E-state index < -0.39 is 10.0 Å². The fourth-order valence-corrected chi connectivity index (χ4v) is 4.57. The molecule has 3 aromatic rings. The number of rotatable bonds is 6. The van der Waals surface area contributed by atoms with Crippen LogP contribution < -0.4 is 4.72 Å². The van der Waals surface area contributed by atoms with E-state index in [-0.39, 0.29) is 11.0 Å². The first kappa shape index (κ1) is 17.8. The van der Waals surface area contributed by atoms with Crippen LogP contribution in [0.15, 0.2) is 47.1 Å². The van der Waals surface area contributed by atoms with E-state index in [0.717, 1.165) is 21.5 Å². The lowest BCUT2D eigenvalue weighted by atomic mass is 10.1. The Hall–Kier alpha value is -1.97. The number of hydrogen-bond donors (Lipinski definition) is 1. The van der Waals surface area contributed by atoms with Crippen LogP contribution in [0.25, 0.3) is 10.2 Å². The van der Waals surface area contributed by atoms with Crippen molar-refractivity contribution in [3.8, 4) is 0 Å². The molecule has 0 saturated carbocycles. The van der Waals surface area contributed by atoms with Crippen molar-refractivity contribution in [1.29, 1.82) is 0 Å². The Labute approximate surface area is 153 Å². The maximum atomic E-state index is 12.6. The van der Waals surface area contributed by atoms with Gasteiger partial charge in [0.05, 0.1) is 11.5 Å². The molecule has 1 aromatic carbocycles. The number of sulfonamides is 1. The van der Waals surface area contributed by atoms with Crippen molar-refractivity contribution < 1.29 is 13.2 Å². The minimum Gasteiger partial charge on any atom is -0.293 e. The lowest BCUT2D eigenvalue weighted by molar-refractivity contribution is 0.0994. The molecule has 0 spiro atoms. The molecular formula is C16H15N3O3S3. The number of Topliss-reactive ketones (excluding diaryl/α,β-unsaturated/α-hetero) is 1. The van der Waals surface area contributed by atoms with Crippen molar-refractivity contribution >= 4 is 54.8 Å². The Balaban J connectivity index is 1.75. The van der Waals surface area contributed by atoms with Crippen LogP contribution in [0.2, 0.25) is 0 Å². The number of carbonyl (C=O) groups excluding carboxylic acids is 1. The van der Waals surface area contributed by atoms with E-state index in [1.807, 2.05) is 18.4 Å². The zero-order valence-corrected chi connectivity index (χ0v) is 15.9. The van der Waals surface area contributed by atoms with Gasteiger partial charge in [-0.1, -0.05) is 11.8 Å². The van der Waals surface area contributed by atoms with Gasteiger partial charge in [0.15, 0.2) is 5.78 Å². The highest BCUT2D eigenvalue weighted by molar-refractivity contribution is 8.00. The Bertz CT molecular complexity index is 1010. The van der Waals surface area contributed by atoms with Crippen LogP contribution >= 0.6 is 23.1 Å². The molecule has 0 fully saturated rings. The summed E-state index contributed by atoms with van der Waals surface area (Å²) >= 11 is 2.92. The van der Waals surface area contributed by atoms with E-state index in [2.05, 4.69) is 14.7 Å². The fraction of sp³-hybridized carbons (Fsp3) is 0.188. The normalized spacial score (nSPS) is 12.9. The molecule has 0 aliphatic rings. The number of ketones is 1. The summed E-state index contributed by atoms with van der Waals surface area (Å²) in [5.41, 5.74) is 0.949. The van der Waals surface area contributed by atoms with Crippen LogP contribution in [0.5, 0.6) is 0 Å². The van der Waals surface area contributed by atoms with Crippen LogP contribution in [0.4, 0.5) is 5.69 Å². The van der Waals surface area contributed by atoms with Gasteiger partial charge in [0.2, 0.25) is 10.0 Å². The highest BCUT2D eigenvalue weighted by atomic mass is 32.2. The van der Waals surface area contributed by atoms with Gasteiger partial charge in [-0.3, -0.25) is 9.52 Å². The number of carbonyl (C=O) groups is 1. The van der Waals surface area contributed by atoms with Gasteiger partial charge in [-0.05, 0) is 42.6 Å². The summed E-state index contributed by atoms with van der Waals surface area (Å²) in [6.07, 6.45) is 2.59.